The molecule has 0 spiro atoms. The number of hydrogen-bond donors (Lipinski definition) is 1. The van der Waals surface area contributed by atoms with Gasteiger partial charge in [-0.3, -0.25) is 0 Å². The van der Waals surface area contributed by atoms with Crippen molar-refractivity contribution in [3.05, 3.63) is 48.3 Å². The Morgan fingerprint density at radius 1 is 1.05 bits per heavy atom. The summed E-state index contributed by atoms with van der Waals surface area (Å²) in [5, 5.41) is 8.74. The van der Waals surface area contributed by atoms with Gasteiger partial charge in [-0.15, -0.1) is 0 Å². The molecule has 6 heteroatoms. The average molecular weight is 277 g/mol. The lowest BCUT2D eigenvalue weighted by molar-refractivity contribution is 0.0690. The molecule has 2 rings (SSSR count). The monoisotopic (exact) mass is 277 g/mol. The molecule has 5 nitrogen and oxygen atoms in total. The first kappa shape index (κ1) is 13.2. The van der Waals surface area contributed by atoms with Crippen molar-refractivity contribution in [2.45, 2.75) is 4.90 Å². The van der Waals surface area contributed by atoms with E-state index in [0.29, 0.717) is 0 Å². The Kier molecular flexibility index (Phi) is 3.35. The van der Waals surface area contributed by atoms with Crippen LogP contribution in [0.2, 0.25) is 0 Å². The fourth-order valence-corrected chi connectivity index (χ4v) is 2.22. The molecule has 0 fully saturated rings. The maximum absolute atomic E-state index is 11.3. The number of nitrogens with zero attached hydrogens (tertiary/aromatic N) is 1. The smallest absolute Gasteiger partial charge is 0.354 e. The molecule has 1 aromatic heterocycles. The van der Waals surface area contributed by atoms with Gasteiger partial charge in [-0.1, -0.05) is 18.2 Å². The van der Waals surface area contributed by atoms with Gasteiger partial charge < -0.3 is 5.11 Å². The predicted octanol–water partition coefficient (Wildman–Crippen LogP) is 1.85. The Labute approximate surface area is 110 Å². The van der Waals surface area contributed by atoms with Crippen molar-refractivity contribution < 1.29 is 18.3 Å². The van der Waals surface area contributed by atoms with E-state index in [0.717, 1.165) is 17.4 Å². The van der Waals surface area contributed by atoms with Crippen LogP contribution in [0.3, 0.4) is 0 Å². The van der Waals surface area contributed by atoms with Crippen LogP contribution in [0, 0.1) is 0 Å². The molecule has 0 bridgehead atoms. The van der Waals surface area contributed by atoms with Crippen molar-refractivity contribution in [1.29, 1.82) is 0 Å². The number of carboxylic acid groups (broad SMARTS) is 1. The molecule has 0 aliphatic rings. The van der Waals surface area contributed by atoms with Crippen LogP contribution < -0.4 is 0 Å². The highest BCUT2D eigenvalue weighted by atomic mass is 32.2. The maximum Gasteiger partial charge on any atom is 0.354 e. The van der Waals surface area contributed by atoms with E-state index in [1.165, 1.54) is 24.4 Å². The fraction of sp³-hybridized carbons (Fsp3) is 0.0769. The maximum atomic E-state index is 11.3. The summed E-state index contributed by atoms with van der Waals surface area (Å²) in [6, 6.07) is 9.38. The fourth-order valence-electron chi connectivity index (χ4n) is 1.59. The van der Waals surface area contributed by atoms with Crippen molar-refractivity contribution in [2.75, 3.05) is 6.26 Å². The normalized spacial score (nSPS) is 11.2. The molecule has 0 saturated heterocycles. The predicted molar refractivity (Wildman–Crippen MR) is 69.7 cm³/mol. The van der Waals surface area contributed by atoms with Gasteiger partial charge in [-0.25, -0.2) is 18.2 Å². The molecule has 2 aromatic rings. The highest BCUT2D eigenvalue weighted by molar-refractivity contribution is 7.90. The van der Waals surface area contributed by atoms with Crippen LogP contribution in [0.25, 0.3) is 11.1 Å². The zero-order valence-corrected chi connectivity index (χ0v) is 10.9. The first-order valence-electron chi connectivity index (χ1n) is 5.38. The van der Waals surface area contributed by atoms with Crippen molar-refractivity contribution in [2.24, 2.45) is 0 Å². The molecular weight excluding hydrogens is 266 g/mol. The third-order valence-corrected chi connectivity index (χ3v) is 3.73. The zero-order chi connectivity index (χ0) is 14.0. The number of benzene rings is 1. The SMILES string of the molecule is CS(=O)(=O)c1ccc(-c2ccc(C(=O)O)nc2)cc1. The molecule has 0 atom stereocenters. The first-order valence-corrected chi connectivity index (χ1v) is 7.27. The number of sulfone groups is 1. The number of carbonyl (C=O) groups is 1. The second-order valence-corrected chi connectivity index (χ2v) is 6.05. The number of aromatic carboxylic acids is 1. The minimum atomic E-state index is -3.21. The Bertz CT molecular complexity index is 703. The van der Waals surface area contributed by atoms with Gasteiger partial charge in [0, 0.05) is 18.0 Å². The van der Waals surface area contributed by atoms with Crippen molar-refractivity contribution in [3.8, 4) is 11.1 Å². The van der Waals surface area contributed by atoms with Gasteiger partial charge >= 0.3 is 5.97 Å². The van der Waals surface area contributed by atoms with Gasteiger partial charge in [0.15, 0.2) is 9.84 Å². The molecule has 0 unspecified atom stereocenters. The van der Waals surface area contributed by atoms with E-state index in [1.54, 1.807) is 18.2 Å². The molecule has 1 aromatic carbocycles. The van der Waals surface area contributed by atoms with Crippen LogP contribution in [0.15, 0.2) is 47.5 Å². The number of pyridine rings is 1. The van der Waals surface area contributed by atoms with Gasteiger partial charge in [0.05, 0.1) is 4.90 Å². The first-order chi connectivity index (χ1) is 8.88. The summed E-state index contributed by atoms with van der Waals surface area (Å²) in [6.45, 7) is 0. The molecule has 19 heavy (non-hydrogen) atoms. The van der Waals surface area contributed by atoms with E-state index in [1.807, 2.05) is 0 Å². The summed E-state index contributed by atoms with van der Waals surface area (Å²) in [5.41, 5.74) is 1.47. The molecular formula is C13H11NO4S. The van der Waals surface area contributed by atoms with Crippen LogP contribution in [0.1, 0.15) is 10.5 Å². The summed E-state index contributed by atoms with van der Waals surface area (Å²) in [4.78, 5) is 14.7. The van der Waals surface area contributed by atoms with Gasteiger partial charge in [0.2, 0.25) is 0 Å². The van der Waals surface area contributed by atoms with E-state index in [4.69, 9.17) is 5.11 Å². The van der Waals surface area contributed by atoms with Crippen LogP contribution in [-0.2, 0) is 9.84 Å². The minimum Gasteiger partial charge on any atom is -0.477 e. The van der Waals surface area contributed by atoms with Gasteiger partial charge in [0.1, 0.15) is 5.69 Å². The Balaban J connectivity index is 2.35. The number of aromatic nitrogens is 1. The summed E-state index contributed by atoms with van der Waals surface area (Å²) in [6.07, 6.45) is 2.59. The lowest BCUT2D eigenvalue weighted by Crippen LogP contribution is -1.99. The van der Waals surface area contributed by atoms with E-state index in [2.05, 4.69) is 4.98 Å². The number of carboxylic acids is 1. The van der Waals surface area contributed by atoms with Crippen LogP contribution >= 0.6 is 0 Å². The Morgan fingerprint density at radius 3 is 2.05 bits per heavy atom. The molecule has 0 amide bonds. The molecule has 0 aliphatic heterocycles. The van der Waals surface area contributed by atoms with Gasteiger partial charge in [-0.05, 0) is 23.8 Å². The van der Waals surface area contributed by atoms with Gasteiger partial charge in [0.25, 0.3) is 0 Å². The Hall–Kier alpha value is -2.21. The molecule has 1 N–H and O–H groups in total. The molecule has 0 radical (unpaired) electrons. The molecule has 1 heterocycles. The lowest BCUT2D eigenvalue weighted by atomic mass is 10.1. The highest BCUT2D eigenvalue weighted by Crippen LogP contribution is 2.20. The Morgan fingerprint density at radius 2 is 1.63 bits per heavy atom. The highest BCUT2D eigenvalue weighted by Gasteiger charge is 2.08. The molecule has 0 saturated carbocycles. The molecule has 98 valence electrons. The zero-order valence-electron chi connectivity index (χ0n) is 10.1. The number of rotatable bonds is 3. The van der Waals surface area contributed by atoms with Crippen molar-refractivity contribution in [3.63, 3.8) is 0 Å². The lowest BCUT2D eigenvalue weighted by Gasteiger charge is -2.03. The van der Waals surface area contributed by atoms with E-state index < -0.39 is 15.8 Å². The van der Waals surface area contributed by atoms with Gasteiger partial charge in [-0.2, -0.15) is 0 Å². The summed E-state index contributed by atoms with van der Waals surface area (Å²) in [7, 11) is -3.21. The summed E-state index contributed by atoms with van der Waals surface area (Å²) >= 11 is 0. The average Bonchev–Trinajstić information content (AvgIpc) is 2.38. The van der Waals surface area contributed by atoms with Crippen LogP contribution in [-0.4, -0.2) is 30.7 Å². The minimum absolute atomic E-state index is 0.0310. The summed E-state index contributed by atoms with van der Waals surface area (Å²) in [5.74, 6) is -1.08. The summed E-state index contributed by atoms with van der Waals surface area (Å²) < 4.78 is 22.6. The van der Waals surface area contributed by atoms with Crippen molar-refractivity contribution >= 4 is 15.8 Å². The largest absolute Gasteiger partial charge is 0.477 e. The standard InChI is InChI=1S/C13H11NO4S/c1-19(17,18)11-5-2-9(3-6-11)10-4-7-12(13(15)16)14-8-10/h2-8H,1H3,(H,15,16). The van der Waals surface area contributed by atoms with E-state index >= 15 is 0 Å². The third-order valence-electron chi connectivity index (χ3n) is 2.60. The molecule has 0 aliphatic carbocycles. The van der Waals surface area contributed by atoms with Crippen LogP contribution in [0.5, 0.6) is 0 Å². The third kappa shape index (κ3) is 2.97. The van der Waals surface area contributed by atoms with Crippen LogP contribution in [0.4, 0.5) is 0 Å². The van der Waals surface area contributed by atoms with E-state index in [-0.39, 0.29) is 10.6 Å². The second-order valence-electron chi connectivity index (χ2n) is 4.03. The number of hydrogen-bond acceptors (Lipinski definition) is 4. The quantitative estimate of drug-likeness (QED) is 0.925. The topological polar surface area (TPSA) is 84.3 Å². The van der Waals surface area contributed by atoms with E-state index in [9.17, 15) is 13.2 Å². The second kappa shape index (κ2) is 4.81. The van der Waals surface area contributed by atoms with Crippen molar-refractivity contribution in [1.82, 2.24) is 4.98 Å².